The molecule has 4 rings (SSSR count). The third-order valence-electron chi connectivity index (χ3n) is 6.51. The zero-order valence-corrected chi connectivity index (χ0v) is 18.0. The zero-order chi connectivity index (χ0) is 21.8. The fourth-order valence-corrected chi connectivity index (χ4v) is 4.42. The van der Waals surface area contributed by atoms with Crippen LogP contribution in [0.3, 0.4) is 0 Å². The van der Waals surface area contributed by atoms with Crippen LogP contribution in [-0.2, 0) is 4.74 Å². The highest BCUT2D eigenvalue weighted by molar-refractivity contribution is 5.65. The summed E-state index contributed by atoms with van der Waals surface area (Å²) in [5.41, 5.74) is 2.88. The first-order valence-corrected chi connectivity index (χ1v) is 11.1. The van der Waals surface area contributed by atoms with E-state index in [1.807, 2.05) is 18.2 Å². The number of benzene rings is 2. The average Bonchev–Trinajstić information content (AvgIpc) is 2.78. The minimum atomic E-state index is -2.55. The maximum Gasteiger partial charge on any atom is 0.248 e. The van der Waals surface area contributed by atoms with Crippen molar-refractivity contribution in [1.82, 2.24) is 4.90 Å². The Labute approximate surface area is 182 Å². The van der Waals surface area contributed by atoms with Gasteiger partial charge in [-0.1, -0.05) is 24.3 Å². The Morgan fingerprint density at radius 1 is 1.03 bits per heavy atom. The normalized spacial score (nSPS) is 21.0. The van der Waals surface area contributed by atoms with Gasteiger partial charge in [-0.15, -0.1) is 0 Å². The molecule has 1 aliphatic carbocycles. The zero-order valence-electron chi connectivity index (χ0n) is 18.0. The van der Waals surface area contributed by atoms with E-state index in [4.69, 9.17) is 9.47 Å². The Balaban J connectivity index is 1.40. The third kappa shape index (κ3) is 5.80. The average molecular weight is 434 g/mol. The number of ether oxygens (including phenoxy) is 2. The molecule has 1 atom stereocenters. The lowest BCUT2D eigenvalue weighted by Crippen LogP contribution is -2.37. The number of rotatable bonds is 6. The summed E-state index contributed by atoms with van der Waals surface area (Å²) < 4.78 is 52.1. The van der Waals surface area contributed by atoms with Gasteiger partial charge in [0.15, 0.2) is 0 Å². The summed E-state index contributed by atoms with van der Waals surface area (Å²) in [6.07, 6.45) is 0.700. The van der Waals surface area contributed by atoms with E-state index in [0.717, 1.165) is 37.4 Å². The number of alkyl halides is 2. The Morgan fingerprint density at radius 2 is 1.71 bits per heavy atom. The summed E-state index contributed by atoms with van der Waals surface area (Å²) in [4.78, 5) is 2.40. The maximum absolute atomic E-state index is 14.2. The van der Waals surface area contributed by atoms with E-state index in [1.165, 1.54) is 17.7 Å². The van der Waals surface area contributed by atoms with Gasteiger partial charge >= 0.3 is 0 Å². The fraction of sp³-hybridized carbons (Fsp3) is 0.520. The summed E-state index contributed by atoms with van der Waals surface area (Å²) in [5, 5.41) is 0. The molecule has 2 aliphatic rings. The molecule has 31 heavy (non-hydrogen) atoms. The molecule has 168 valence electrons. The van der Waals surface area contributed by atoms with Gasteiger partial charge in [0.25, 0.3) is 0 Å². The molecule has 2 aromatic rings. The first kappa shape index (κ1) is 22.2. The second kappa shape index (κ2) is 9.61. The van der Waals surface area contributed by atoms with Gasteiger partial charge in [-0.2, -0.15) is 0 Å². The van der Waals surface area contributed by atoms with Crippen LogP contribution < -0.4 is 4.74 Å². The van der Waals surface area contributed by atoms with Gasteiger partial charge in [0.2, 0.25) is 5.92 Å². The largest absolute Gasteiger partial charge is 0.493 e. The van der Waals surface area contributed by atoms with Crippen molar-refractivity contribution in [3.8, 4) is 16.9 Å². The minimum Gasteiger partial charge on any atom is -0.493 e. The maximum atomic E-state index is 14.2. The summed E-state index contributed by atoms with van der Waals surface area (Å²) in [7, 11) is 0. The SMILES string of the molecule is CC(c1ccc(-c2cc(F)cc(OCC3CCC(F)(F)CC3)c2)cc1)N1CCOCC1. The minimum absolute atomic E-state index is 0.0901. The van der Waals surface area contributed by atoms with E-state index in [0.29, 0.717) is 31.2 Å². The van der Waals surface area contributed by atoms with Gasteiger partial charge in [-0.05, 0) is 54.5 Å². The van der Waals surface area contributed by atoms with Crippen LogP contribution in [0.25, 0.3) is 11.1 Å². The smallest absolute Gasteiger partial charge is 0.248 e. The molecule has 0 amide bonds. The number of hydrogen-bond acceptors (Lipinski definition) is 3. The highest BCUT2D eigenvalue weighted by atomic mass is 19.3. The Kier molecular flexibility index (Phi) is 6.87. The molecule has 1 saturated carbocycles. The molecule has 2 aromatic carbocycles. The second-order valence-corrected chi connectivity index (χ2v) is 8.73. The van der Waals surface area contributed by atoms with E-state index < -0.39 is 5.92 Å². The second-order valence-electron chi connectivity index (χ2n) is 8.73. The van der Waals surface area contributed by atoms with Crippen LogP contribution in [0.4, 0.5) is 13.2 Å². The van der Waals surface area contributed by atoms with E-state index >= 15 is 0 Å². The van der Waals surface area contributed by atoms with Crippen LogP contribution >= 0.6 is 0 Å². The molecule has 1 heterocycles. The molecule has 0 N–H and O–H groups in total. The van der Waals surface area contributed by atoms with Crippen LogP contribution in [-0.4, -0.2) is 43.7 Å². The highest BCUT2D eigenvalue weighted by Gasteiger charge is 2.35. The van der Waals surface area contributed by atoms with Crippen molar-refractivity contribution in [2.45, 2.75) is 44.6 Å². The number of morpholine rings is 1. The van der Waals surface area contributed by atoms with Gasteiger partial charge in [0, 0.05) is 38.0 Å². The summed E-state index contributed by atoms with van der Waals surface area (Å²) >= 11 is 0. The van der Waals surface area contributed by atoms with Crippen LogP contribution in [0.5, 0.6) is 5.75 Å². The topological polar surface area (TPSA) is 21.7 Å². The Hall–Kier alpha value is -2.05. The molecule has 1 unspecified atom stereocenters. The van der Waals surface area contributed by atoms with Crippen molar-refractivity contribution in [3.05, 3.63) is 53.8 Å². The molecular weight excluding hydrogens is 403 g/mol. The number of nitrogens with zero attached hydrogens (tertiary/aromatic N) is 1. The van der Waals surface area contributed by atoms with E-state index in [-0.39, 0.29) is 24.6 Å². The highest BCUT2D eigenvalue weighted by Crippen LogP contribution is 2.36. The predicted octanol–water partition coefficient (Wildman–Crippen LogP) is 6.09. The molecule has 1 aliphatic heterocycles. The summed E-state index contributed by atoms with van der Waals surface area (Å²) in [6.45, 7) is 5.90. The molecule has 6 heteroatoms. The van der Waals surface area contributed by atoms with Crippen molar-refractivity contribution in [2.75, 3.05) is 32.9 Å². The molecule has 2 fully saturated rings. The van der Waals surface area contributed by atoms with Crippen molar-refractivity contribution in [2.24, 2.45) is 5.92 Å². The Bertz CT molecular complexity index is 856. The lowest BCUT2D eigenvalue weighted by Gasteiger charge is -2.32. The van der Waals surface area contributed by atoms with Crippen molar-refractivity contribution in [3.63, 3.8) is 0 Å². The molecular formula is C25H30F3NO2. The molecule has 1 saturated heterocycles. The van der Waals surface area contributed by atoms with E-state index in [9.17, 15) is 13.2 Å². The van der Waals surface area contributed by atoms with Gasteiger partial charge < -0.3 is 9.47 Å². The summed E-state index contributed by atoms with van der Waals surface area (Å²) in [6, 6.07) is 13.2. The van der Waals surface area contributed by atoms with Crippen molar-refractivity contribution in [1.29, 1.82) is 0 Å². The van der Waals surface area contributed by atoms with E-state index in [1.54, 1.807) is 0 Å². The fourth-order valence-electron chi connectivity index (χ4n) is 4.42. The monoisotopic (exact) mass is 433 g/mol. The summed E-state index contributed by atoms with van der Waals surface area (Å²) in [5.74, 6) is -2.38. The first-order chi connectivity index (χ1) is 14.9. The molecule has 0 spiro atoms. The molecule has 0 radical (unpaired) electrons. The predicted molar refractivity (Wildman–Crippen MR) is 115 cm³/mol. The lowest BCUT2D eigenvalue weighted by molar-refractivity contribution is -0.0498. The van der Waals surface area contributed by atoms with Crippen molar-refractivity contribution < 1.29 is 22.6 Å². The van der Waals surface area contributed by atoms with Gasteiger partial charge in [-0.25, -0.2) is 13.2 Å². The first-order valence-electron chi connectivity index (χ1n) is 11.1. The van der Waals surface area contributed by atoms with Crippen LogP contribution in [0.1, 0.15) is 44.2 Å². The molecule has 0 aromatic heterocycles. The standard InChI is InChI=1S/C25H30F3NO2/c1-18(29-10-12-30-13-11-29)20-2-4-21(5-3-20)22-14-23(26)16-24(15-22)31-17-19-6-8-25(27,28)9-7-19/h2-5,14-16,18-19H,6-13,17H2,1H3. The van der Waals surface area contributed by atoms with Gasteiger partial charge in [0.1, 0.15) is 11.6 Å². The van der Waals surface area contributed by atoms with Crippen LogP contribution in [0.2, 0.25) is 0 Å². The molecule has 0 bridgehead atoms. The van der Waals surface area contributed by atoms with Crippen molar-refractivity contribution >= 4 is 0 Å². The van der Waals surface area contributed by atoms with Gasteiger partial charge in [0.05, 0.1) is 19.8 Å². The number of hydrogen-bond donors (Lipinski definition) is 0. The lowest BCUT2D eigenvalue weighted by atomic mass is 9.87. The Morgan fingerprint density at radius 3 is 2.39 bits per heavy atom. The third-order valence-corrected chi connectivity index (χ3v) is 6.51. The van der Waals surface area contributed by atoms with Crippen LogP contribution in [0.15, 0.2) is 42.5 Å². The quantitative estimate of drug-likeness (QED) is 0.550. The van der Waals surface area contributed by atoms with Gasteiger partial charge in [-0.3, -0.25) is 4.90 Å². The van der Waals surface area contributed by atoms with E-state index in [2.05, 4.69) is 24.0 Å². The van der Waals surface area contributed by atoms with Crippen LogP contribution in [0, 0.1) is 11.7 Å². The molecule has 3 nitrogen and oxygen atoms in total. The number of halogens is 3.